The largest absolute Gasteiger partial charge is 0.481 e. The zero-order valence-corrected chi connectivity index (χ0v) is 22.0. The number of halogens is 3. The summed E-state index contributed by atoms with van der Waals surface area (Å²) in [4.78, 5) is 13.7. The second kappa shape index (κ2) is 10.7. The van der Waals surface area contributed by atoms with Gasteiger partial charge in [0.2, 0.25) is 0 Å². The number of carboxylic acid groups (broad SMARTS) is 1. The average molecular weight is 501 g/mol. The molecule has 0 atom stereocenters. The summed E-state index contributed by atoms with van der Waals surface area (Å²) >= 11 is 0. The third kappa shape index (κ3) is 6.23. The number of hydrogen-bond donors (Lipinski definition) is 1. The van der Waals surface area contributed by atoms with Gasteiger partial charge in [-0.1, -0.05) is 39.8 Å². The molecule has 0 saturated heterocycles. The van der Waals surface area contributed by atoms with Crippen molar-refractivity contribution >= 4 is 22.6 Å². The lowest BCUT2D eigenvalue weighted by molar-refractivity contribution is -0.138. The summed E-state index contributed by atoms with van der Waals surface area (Å²) in [5.41, 5.74) is 5.63. The summed E-state index contributed by atoms with van der Waals surface area (Å²) in [5.74, 6) is -0.970. The molecular formula is C29H35F3N2O2. The fourth-order valence-electron chi connectivity index (χ4n) is 4.44. The summed E-state index contributed by atoms with van der Waals surface area (Å²) in [6.07, 6.45) is 3.39. The van der Waals surface area contributed by atoms with Crippen molar-refractivity contribution < 1.29 is 23.1 Å². The van der Waals surface area contributed by atoms with Crippen molar-refractivity contribution in [3.63, 3.8) is 0 Å². The van der Waals surface area contributed by atoms with E-state index in [0.717, 1.165) is 53.1 Å². The number of carbonyl (C=O) groups is 1. The number of rotatable bonds is 3. The predicted octanol–water partition coefficient (Wildman–Crippen LogP) is 7.32. The minimum absolute atomic E-state index is 0.191. The van der Waals surface area contributed by atoms with Gasteiger partial charge in [-0.15, -0.1) is 12.8 Å². The van der Waals surface area contributed by atoms with Crippen LogP contribution in [0.2, 0.25) is 0 Å². The molecule has 0 bridgehead atoms. The van der Waals surface area contributed by atoms with Gasteiger partial charge in [-0.2, -0.15) is 13.2 Å². The third-order valence-electron chi connectivity index (χ3n) is 5.78. The van der Waals surface area contributed by atoms with Gasteiger partial charge in [0.15, 0.2) is 0 Å². The van der Waals surface area contributed by atoms with Gasteiger partial charge < -0.3 is 14.6 Å². The van der Waals surface area contributed by atoms with E-state index in [1.54, 1.807) is 0 Å². The molecule has 36 heavy (non-hydrogen) atoms. The molecule has 2 aromatic carbocycles. The Labute approximate surface area is 211 Å². The molecule has 0 unspecified atom stereocenters. The first-order chi connectivity index (χ1) is 16.6. The molecule has 4 nitrogen and oxygen atoms in total. The van der Waals surface area contributed by atoms with Crippen LogP contribution in [0.5, 0.6) is 0 Å². The van der Waals surface area contributed by atoms with Crippen molar-refractivity contribution in [2.45, 2.75) is 60.7 Å². The van der Waals surface area contributed by atoms with E-state index < -0.39 is 17.7 Å². The highest BCUT2D eigenvalue weighted by Gasteiger charge is 2.31. The number of alkyl halides is 3. The first-order valence-electron chi connectivity index (χ1n) is 11.7. The maximum atomic E-state index is 13.0. The number of anilines is 1. The fraction of sp³-hybridized carbons (Fsp3) is 0.414. The van der Waals surface area contributed by atoms with Crippen LogP contribution >= 0.6 is 0 Å². The molecular weight excluding hydrogens is 465 g/mol. The normalized spacial score (nSPS) is 12.9. The zero-order valence-electron chi connectivity index (χ0n) is 22.0. The maximum Gasteiger partial charge on any atom is 0.416 e. The third-order valence-corrected chi connectivity index (χ3v) is 5.78. The van der Waals surface area contributed by atoms with Crippen LogP contribution in [0.25, 0.3) is 22.0 Å². The number of aliphatic carboxylic acids is 1. The number of aryl methyl sites for hydroxylation is 1. The molecule has 3 aromatic rings. The van der Waals surface area contributed by atoms with Gasteiger partial charge in [0.1, 0.15) is 0 Å². The predicted molar refractivity (Wildman–Crippen MR) is 141 cm³/mol. The van der Waals surface area contributed by atoms with E-state index in [1.807, 2.05) is 27.0 Å². The van der Waals surface area contributed by atoms with Gasteiger partial charge in [-0.3, -0.25) is 4.79 Å². The van der Waals surface area contributed by atoms with Gasteiger partial charge in [0, 0.05) is 31.2 Å². The molecule has 0 radical (unpaired) electrons. The second-order valence-corrected chi connectivity index (χ2v) is 10.6. The molecule has 2 heterocycles. The quantitative estimate of drug-likeness (QED) is 0.383. The highest BCUT2D eigenvalue weighted by atomic mass is 19.4. The highest BCUT2D eigenvalue weighted by Crippen LogP contribution is 2.44. The number of nitrogens with zero attached hydrogens (tertiary/aromatic N) is 2. The molecule has 1 aliphatic heterocycles. The Balaban J connectivity index is 0.000000583. The molecule has 0 amide bonds. The molecule has 1 N–H and O–H groups in total. The van der Waals surface area contributed by atoms with E-state index in [9.17, 15) is 23.1 Å². The number of likely N-dealkylation sites (N-methyl/N-ethyl adjacent to an activating group) is 1. The van der Waals surface area contributed by atoms with Crippen molar-refractivity contribution in [3.05, 3.63) is 52.7 Å². The Morgan fingerprint density at radius 2 is 1.56 bits per heavy atom. The molecule has 0 fully saturated rings. The van der Waals surface area contributed by atoms with Crippen LogP contribution in [0.3, 0.4) is 0 Å². The number of hydrogen-bond acceptors (Lipinski definition) is 2. The average Bonchev–Trinajstić information content (AvgIpc) is 3.08. The number of benzene rings is 2. The smallest absolute Gasteiger partial charge is 0.416 e. The van der Waals surface area contributed by atoms with Gasteiger partial charge in [0.05, 0.1) is 23.2 Å². The van der Waals surface area contributed by atoms with Crippen LogP contribution in [0.15, 0.2) is 30.3 Å². The molecule has 1 aliphatic rings. The van der Waals surface area contributed by atoms with E-state index in [2.05, 4.69) is 50.0 Å². The van der Waals surface area contributed by atoms with E-state index in [-0.39, 0.29) is 6.42 Å². The van der Waals surface area contributed by atoms with E-state index in [4.69, 9.17) is 0 Å². The van der Waals surface area contributed by atoms with Crippen molar-refractivity contribution in [2.75, 3.05) is 18.5 Å². The van der Waals surface area contributed by atoms with Crippen LogP contribution < -0.4 is 4.90 Å². The van der Waals surface area contributed by atoms with Crippen LogP contribution in [-0.4, -0.2) is 29.2 Å². The first-order valence-corrected chi connectivity index (χ1v) is 11.7. The Bertz CT molecular complexity index is 1250. The number of terminal acetylenes is 1. The van der Waals surface area contributed by atoms with Gasteiger partial charge in [-0.25, -0.2) is 0 Å². The Kier molecular flexibility index (Phi) is 8.57. The summed E-state index contributed by atoms with van der Waals surface area (Å²) in [6.45, 7) is 14.3. The molecule has 0 spiro atoms. The first kappa shape index (κ1) is 28.8. The van der Waals surface area contributed by atoms with E-state index in [0.29, 0.717) is 22.1 Å². The lowest BCUT2D eigenvalue weighted by Gasteiger charge is -2.31. The van der Waals surface area contributed by atoms with Crippen LogP contribution in [0.1, 0.15) is 50.1 Å². The summed E-state index contributed by atoms with van der Waals surface area (Å²) in [6, 6.07) is 6.98. The van der Waals surface area contributed by atoms with Crippen molar-refractivity contribution in [1.29, 1.82) is 0 Å². The standard InChI is InChI=1S/C22H21F3N2O2.C5H12.C2H2/c1-12-10-17-19(14-4-6-15(7-5-14)22(23,24)25)16(11-18(28)29)13(2)20-21(17)27(12)9-8-26(20)3;1-5(2,3)4;1-2/h4-7,10H,8-9,11H2,1-3H3,(H,28,29);1-4H3;1-2H. The van der Waals surface area contributed by atoms with Gasteiger partial charge in [0.25, 0.3) is 0 Å². The minimum atomic E-state index is -4.42. The Hall–Kier alpha value is -3.40. The molecule has 194 valence electrons. The Morgan fingerprint density at radius 1 is 1.03 bits per heavy atom. The van der Waals surface area contributed by atoms with Crippen molar-refractivity contribution in [1.82, 2.24) is 4.57 Å². The molecule has 0 saturated carbocycles. The molecule has 4 rings (SSSR count). The SMILES string of the molecule is C#C.CC(C)(C)C.Cc1c(CC(=O)O)c(-c2ccc(C(F)(F)F)cc2)c2cc(C)n3c2c1N(C)CC3. The number of carboxylic acids is 1. The monoisotopic (exact) mass is 500 g/mol. The Morgan fingerprint density at radius 3 is 2.03 bits per heavy atom. The highest BCUT2D eigenvalue weighted by molar-refractivity contribution is 6.07. The summed E-state index contributed by atoms with van der Waals surface area (Å²) < 4.78 is 41.2. The zero-order chi connectivity index (χ0) is 27.6. The molecule has 1 aromatic heterocycles. The lowest BCUT2D eigenvalue weighted by Crippen LogP contribution is -2.29. The second-order valence-electron chi connectivity index (χ2n) is 10.6. The van der Waals surface area contributed by atoms with Crippen LogP contribution in [0, 0.1) is 32.1 Å². The van der Waals surface area contributed by atoms with Crippen molar-refractivity contribution in [3.8, 4) is 24.0 Å². The topological polar surface area (TPSA) is 45.5 Å². The lowest BCUT2D eigenvalue weighted by atomic mass is 9.88. The minimum Gasteiger partial charge on any atom is -0.481 e. The van der Waals surface area contributed by atoms with Crippen LogP contribution in [-0.2, 0) is 23.9 Å². The van der Waals surface area contributed by atoms with Gasteiger partial charge in [-0.05, 0) is 59.7 Å². The summed E-state index contributed by atoms with van der Waals surface area (Å²) in [7, 11) is 1.98. The van der Waals surface area contributed by atoms with E-state index >= 15 is 0 Å². The summed E-state index contributed by atoms with van der Waals surface area (Å²) in [5, 5.41) is 10.4. The molecule has 0 aliphatic carbocycles. The van der Waals surface area contributed by atoms with E-state index in [1.165, 1.54) is 12.1 Å². The fourth-order valence-corrected chi connectivity index (χ4v) is 4.44. The molecule has 7 heteroatoms. The van der Waals surface area contributed by atoms with Crippen LogP contribution in [0.4, 0.5) is 18.9 Å². The number of aromatic nitrogens is 1. The van der Waals surface area contributed by atoms with Gasteiger partial charge >= 0.3 is 12.1 Å². The maximum absolute atomic E-state index is 13.0. The van der Waals surface area contributed by atoms with Crippen molar-refractivity contribution in [2.24, 2.45) is 5.41 Å².